The van der Waals surface area contributed by atoms with E-state index in [2.05, 4.69) is 6.92 Å². The van der Waals surface area contributed by atoms with Crippen LogP contribution < -0.4 is 4.74 Å². The van der Waals surface area contributed by atoms with Crippen LogP contribution in [0.2, 0.25) is 0 Å². The Bertz CT molecular complexity index is 342. The number of Topliss-reactive ketones (excluding diaryl/α,β-unsaturated/α-hetero) is 1. The molecule has 1 rings (SSSR count). The van der Waals surface area contributed by atoms with Crippen molar-refractivity contribution in [3.05, 3.63) is 29.3 Å². The Kier molecular flexibility index (Phi) is 4.35. The van der Waals surface area contributed by atoms with Crippen LogP contribution in [-0.2, 0) is 6.42 Å². The van der Waals surface area contributed by atoms with E-state index >= 15 is 0 Å². The number of methoxy groups -OCH3 is 1. The number of ketones is 1. The highest BCUT2D eigenvalue weighted by molar-refractivity contribution is 5.95. The van der Waals surface area contributed by atoms with Gasteiger partial charge in [0.25, 0.3) is 0 Å². The maximum absolute atomic E-state index is 11.4. The molecule has 0 radical (unpaired) electrons. The van der Waals surface area contributed by atoms with E-state index < -0.39 is 0 Å². The molecule has 0 aromatic heterocycles. The number of carbonyl (C=O) groups excluding carboxylic acids is 1. The van der Waals surface area contributed by atoms with Crippen LogP contribution in [0.15, 0.2) is 18.2 Å². The van der Waals surface area contributed by atoms with E-state index in [0.29, 0.717) is 0 Å². The standard InChI is InChI=1S/C13H18O2/c1-4-5-6-11-9-12(15-3)7-8-13(11)10(2)14/h7-9H,4-6H2,1-3H3. The van der Waals surface area contributed by atoms with E-state index in [1.807, 2.05) is 18.2 Å². The summed E-state index contributed by atoms with van der Waals surface area (Å²) in [5, 5.41) is 0. The minimum absolute atomic E-state index is 0.128. The normalized spacial score (nSPS) is 10.1. The molecule has 0 aliphatic rings. The smallest absolute Gasteiger partial charge is 0.160 e. The van der Waals surface area contributed by atoms with Gasteiger partial charge in [-0.2, -0.15) is 0 Å². The molecule has 0 unspecified atom stereocenters. The fraction of sp³-hybridized carbons (Fsp3) is 0.462. The monoisotopic (exact) mass is 206 g/mol. The zero-order chi connectivity index (χ0) is 11.3. The number of hydrogen-bond acceptors (Lipinski definition) is 2. The van der Waals surface area contributed by atoms with Crippen molar-refractivity contribution < 1.29 is 9.53 Å². The van der Waals surface area contributed by atoms with Gasteiger partial charge < -0.3 is 4.74 Å². The highest BCUT2D eigenvalue weighted by Gasteiger charge is 2.07. The van der Waals surface area contributed by atoms with Gasteiger partial charge in [-0.05, 0) is 43.5 Å². The third-order valence-electron chi connectivity index (χ3n) is 2.49. The van der Waals surface area contributed by atoms with Crippen LogP contribution >= 0.6 is 0 Å². The highest BCUT2D eigenvalue weighted by Crippen LogP contribution is 2.20. The highest BCUT2D eigenvalue weighted by atomic mass is 16.5. The number of ether oxygens (including phenoxy) is 1. The lowest BCUT2D eigenvalue weighted by Gasteiger charge is -2.08. The molecule has 0 saturated carbocycles. The van der Waals surface area contributed by atoms with Gasteiger partial charge in [-0.3, -0.25) is 4.79 Å². The summed E-state index contributed by atoms with van der Waals surface area (Å²) in [5.41, 5.74) is 1.92. The first-order chi connectivity index (χ1) is 7.19. The van der Waals surface area contributed by atoms with E-state index in [4.69, 9.17) is 4.74 Å². The molecule has 15 heavy (non-hydrogen) atoms. The summed E-state index contributed by atoms with van der Waals surface area (Å²) < 4.78 is 5.16. The Hall–Kier alpha value is -1.31. The van der Waals surface area contributed by atoms with Crippen LogP contribution in [0.1, 0.15) is 42.6 Å². The Labute approximate surface area is 91.3 Å². The average Bonchev–Trinajstić information content (AvgIpc) is 2.25. The summed E-state index contributed by atoms with van der Waals surface area (Å²) in [6.07, 6.45) is 3.19. The summed E-state index contributed by atoms with van der Waals surface area (Å²) in [7, 11) is 1.65. The van der Waals surface area contributed by atoms with Crippen molar-refractivity contribution in [3.8, 4) is 5.75 Å². The Balaban J connectivity index is 2.99. The Morgan fingerprint density at radius 2 is 2.13 bits per heavy atom. The zero-order valence-electron chi connectivity index (χ0n) is 9.67. The number of hydrogen-bond donors (Lipinski definition) is 0. The van der Waals surface area contributed by atoms with Gasteiger partial charge in [0.2, 0.25) is 0 Å². The first-order valence-corrected chi connectivity index (χ1v) is 5.37. The number of carbonyl (C=O) groups is 1. The maximum atomic E-state index is 11.4. The molecule has 82 valence electrons. The SMILES string of the molecule is CCCCc1cc(OC)ccc1C(C)=O. The minimum Gasteiger partial charge on any atom is -0.497 e. The molecule has 2 heteroatoms. The zero-order valence-corrected chi connectivity index (χ0v) is 9.67. The van der Waals surface area contributed by atoms with Crippen LogP contribution in [0, 0.1) is 0 Å². The van der Waals surface area contributed by atoms with Crippen LogP contribution in [-0.4, -0.2) is 12.9 Å². The van der Waals surface area contributed by atoms with Crippen molar-refractivity contribution in [2.45, 2.75) is 33.1 Å². The minimum atomic E-state index is 0.128. The molecule has 0 atom stereocenters. The molecule has 1 aromatic rings. The predicted octanol–water partition coefficient (Wildman–Crippen LogP) is 3.24. The van der Waals surface area contributed by atoms with Gasteiger partial charge in [0.1, 0.15) is 5.75 Å². The summed E-state index contributed by atoms with van der Waals surface area (Å²) in [4.78, 5) is 11.4. The van der Waals surface area contributed by atoms with Gasteiger partial charge in [-0.25, -0.2) is 0 Å². The van der Waals surface area contributed by atoms with Crippen molar-refractivity contribution in [2.24, 2.45) is 0 Å². The van der Waals surface area contributed by atoms with Gasteiger partial charge in [0.05, 0.1) is 7.11 Å². The number of rotatable bonds is 5. The molecular formula is C13H18O2. The second kappa shape index (κ2) is 5.54. The van der Waals surface area contributed by atoms with Gasteiger partial charge in [-0.15, -0.1) is 0 Å². The lowest BCUT2D eigenvalue weighted by atomic mass is 9.99. The number of benzene rings is 1. The molecule has 0 heterocycles. The number of aryl methyl sites for hydroxylation is 1. The second-order valence-corrected chi connectivity index (χ2v) is 3.68. The van der Waals surface area contributed by atoms with E-state index in [-0.39, 0.29) is 5.78 Å². The van der Waals surface area contributed by atoms with E-state index in [9.17, 15) is 4.79 Å². The van der Waals surface area contributed by atoms with Crippen molar-refractivity contribution in [2.75, 3.05) is 7.11 Å². The largest absolute Gasteiger partial charge is 0.497 e. The van der Waals surface area contributed by atoms with Crippen molar-refractivity contribution >= 4 is 5.78 Å². The van der Waals surface area contributed by atoms with E-state index in [1.165, 1.54) is 0 Å². The van der Waals surface area contributed by atoms with Gasteiger partial charge in [0, 0.05) is 5.56 Å². The van der Waals surface area contributed by atoms with Crippen molar-refractivity contribution in [1.82, 2.24) is 0 Å². The lowest BCUT2D eigenvalue weighted by Crippen LogP contribution is -2.00. The van der Waals surface area contributed by atoms with Gasteiger partial charge in [-0.1, -0.05) is 13.3 Å². The van der Waals surface area contributed by atoms with E-state index in [1.54, 1.807) is 14.0 Å². The third kappa shape index (κ3) is 3.08. The molecule has 2 nitrogen and oxygen atoms in total. The predicted molar refractivity (Wildman–Crippen MR) is 61.6 cm³/mol. The Morgan fingerprint density at radius 1 is 1.40 bits per heavy atom. The molecule has 0 spiro atoms. The molecule has 0 N–H and O–H groups in total. The summed E-state index contributed by atoms with van der Waals surface area (Å²) in [6, 6.07) is 5.66. The third-order valence-corrected chi connectivity index (χ3v) is 2.49. The molecule has 0 aliphatic carbocycles. The molecule has 0 fully saturated rings. The molecule has 1 aromatic carbocycles. The molecule has 0 saturated heterocycles. The molecule has 0 amide bonds. The van der Waals surface area contributed by atoms with Crippen LogP contribution in [0.3, 0.4) is 0 Å². The fourth-order valence-corrected chi connectivity index (χ4v) is 1.61. The van der Waals surface area contributed by atoms with Crippen LogP contribution in [0.4, 0.5) is 0 Å². The summed E-state index contributed by atoms with van der Waals surface area (Å²) in [6.45, 7) is 3.75. The second-order valence-electron chi connectivity index (χ2n) is 3.68. The quantitative estimate of drug-likeness (QED) is 0.691. The molecule has 0 bridgehead atoms. The number of unbranched alkanes of at least 4 members (excludes halogenated alkanes) is 1. The summed E-state index contributed by atoms with van der Waals surface area (Å²) >= 11 is 0. The first-order valence-electron chi connectivity index (χ1n) is 5.37. The van der Waals surface area contributed by atoms with Crippen LogP contribution in [0.25, 0.3) is 0 Å². The van der Waals surface area contributed by atoms with Gasteiger partial charge in [0.15, 0.2) is 5.78 Å². The fourth-order valence-electron chi connectivity index (χ4n) is 1.61. The van der Waals surface area contributed by atoms with Gasteiger partial charge >= 0.3 is 0 Å². The van der Waals surface area contributed by atoms with Crippen molar-refractivity contribution in [1.29, 1.82) is 0 Å². The lowest BCUT2D eigenvalue weighted by molar-refractivity contribution is 0.101. The molecule has 0 aliphatic heterocycles. The topological polar surface area (TPSA) is 26.3 Å². The van der Waals surface area contributed by atoms with E-state index in [0.717, 1.165) is 36.1 Å². The maximum Gasteiger partial charge on any atom is 0.160 e. The molecular weight excluding hydrogens is 188 g/mol. The average molecular weight is 206 g/mol. The first kappa shape index (κ1) is 11.8. The Morgan fingerprint density at radius 3 is 2.67 bits per heavy atom. The summed E-state index contributed by atoms with van der Waals surface area (Å²) in [5.74, 6) is 0.954. The van der Waals surface area contributed by atoms with Crippen LogP contribution in [0.5, 0.6) is 5.75 Å². The van der Waals surface area contributed by atoms with Crippen molar-refractivity contribution in [3.63, 3.8) is 0 Å².